The van der Waals surface area contributed by atoms with Gasteiger partial charge in [0.25, 0.3) is 5.91 Å². The zero-order valence-electron chi connectivity index (χ0n) is 10.4. The highest BCUT2D eigenvalue weighted by Gasteiger charge is 2.26. The molecule has 1 aromatic rings. The SMILES string of the molecule is CC1CCN(C(=O)c2ccnc(N)c2)CC1C. The second-order valence-corrected chi connectivity index (χ2v) is 4.96. The lowest BCUT2D eigenvalue weighted by atomic mass is 9.88. The summed E-state index contributed by atoms with van der Waals surface area (Å²) in [5.41, 5.74) is 6.23. The van der Waals surface area contributed by atoms with Crippen LogP contribution in [0.15, 0.2) is 18.3 Å². The van der Waals surface area contributed by atoms with Crippen LogP contribution in [0.4, 0.5) is 5.82 Å². The van der Waals surface area contributed by atoms with Crippen LogP contribution in [0.5, 0.6) is 0 Å². The largest absolute Gasteiger partial charge is 0.384 e. The van der Waals surface area contributed by atoms with E-state index in [-0.39, 0.29) is 5.91 Å². The Morgan fingerprint density at radius 2 is 2.24 bits per heavy atom. The summed E-state index contributed by atoms with van der Waals surface area (Å²) in [5.74, 6) is 1.72. The van der Waals surface area contributed by atoms with Gasteiger partial charge in [0.05, 0.1) is 0 Å². The van der Waals surface area contributed by atoms with Crippen LogP contribution in [-0.4, -0.2) is 28.9 Å². The summed E-state index contributed by atoms with van der Waals surface area (Å²) in [6.07, 6.45) is 2.66. The van der Waals surface area contributed by atoms with Crippen LogP contribution in [0.1, 0.15) is 30.6 Å². The maximum absolute atomic E-state index is 12.2. The summed E-state index contributed by atoms with van der Waals surface area (Å²) >= 11 is 0. The Labute approximate surface area is 102 Å². The lowest BCUT2D eigenvalue weighted by Gasteiger charge is -2.35. The molecule has 1 fully saturated rings. The molecule has 1 aliphatic heterocycles. The molecule has 0 aliphatic carbocycles. The molecule has 2 unspecified atom stereocenters. The number of pyridine rings is 1. The highest BCUT2D eigenvalue weighted by atomic mass is 16.2. The van der Waals surface area contributed by atoms with Crippen LogP contribution < -0.4 is 5.73 Å². The van der Waals surface area contributed by atoms with Crippen molar-refractivity contribution in [1.82, 2.24) is 9.88 Å². The smallest absolute Gasteiger partial charge is 0.254 e. The highest BCUT2D eigenvalue weighted by Crippen LogP contribution is 2.23. The number of carbonyl (C=O) groups is 1. The first-order chi connectivity index (χ1) is 8.08. The fraction of sp³-hybridized carbons (Fsp3) is 0.538. The number of anilines is 1. The van der Waals surface area contributed by atoms with Gasteiger partial charge >= 0.3 is 0 Å². The van der Waals surface area contributed by atoms with Crippen LogP contribution in [0.25, 0.3) is 0 Å². The molecule has 17 heavy (non-hydrogen) atoms. The van der Waals surface area contributed by atoms with Crippen molar-refractivity contribution in [2.45, 2.75) is 20.3 Å². The van der Waals surface area contributed by atoms with Crippen molar-refractivity contribution in [3.63, 3.8) is 0 Å². The number of hydrogen-bond donors (Lipinski definition) is 1. The lowest BCUT2D eigenvalue weighted by molar-refractivity contribution is 0.0627. The quantitative estimate of drug-likeness (QED) is 0.804. The van der Waals surface area contributed by atoms with E-state index in [0.717, 1.165) is 19.5 Å². The first-order valence-corrected chi connectivity index (χ1v) is 6.08. The summed E-state index contributed by atoms with van der Waals surface area (Å²) < 4.78 is 0. The minimum absolute atomic E-state index is 0.0675. The second-order valence-electron chi connectivity index (χ2n) is 4.96. The first-order valence-electron chi connectivity index (χ1n) is 6.08. The average molecular weight is 233 g/mol. The van der Waals surface area contributed by atoms with E-state index in [0.29, 0.717) is 23.2 Å². The van der Waals surface area contributed by atoms with Crippen LogP contribution in [0.3, 0.4) is 0 Å². The Bertz CT molecular complexity index is 419. The molecule has 0 radical (unpaired) electrons. The van der Waals surface area contributed by atoms with Crippen molar-refractivity contribution in [2.24, 2.45) is 11.8 Å². The molecule has 1 aromatic heterocycles. The molecule has 2 heterocycles. The van der Waals surface area contributed by atoms with E-state index in [1.54, 1.807) is 18.3 Å². The highest BCUT2D eigenvalue weighted by molar-refractivity contribution is 5.94. The third kappa shape index (κ3) is 2.57. The summed E-state index contributed by atoms with van der Waals surface area (Å²) in [5, 5.41) is 0. The van der Waals surface area contributed by atoms with Crippen molar-refractivity contribution in [3.05, 3.63) is 23.9 Å². The minimum Gasteiger partial charge on any atom is -0.384 e. The molecule has 1 saturated heterocycles. The van der Waals surface area contributed by atoms with E-state index >= 15 is 0 Å². The summed E-state index contributed by atoms with van der Waals surface area (Å²) in [6.45, 7) is 6.12. The van der Waals surface area contributed by atoms with Gasteiger partial charge in [-0.15, -0.1) is 0 Å². The molecule has 2 N–H and O–H groups in total. The molecule has 4 nitrogen and oxygen atoms in total. The van der Waals surface area contributed by atoms with Crippen molar-refractivity contribution < 1.29 is 4.79 Å². The number of aromatic nitrogens is 1. The number of nitrogens with zero attached hydrogens (tertiary/aromatic N) is 2. The number of amides is 1. The normalized spacial score (nSPS) is 24.7. The molecule has 92 valence electrons. The van der Waals surface area contributed by atoms with Crippen LogP contribution in [-0.2, 0) is 0 Å². The third-order valence-electron chi connectivity index (χ3n) is 3.65. The molecule has 2 rings (SSSR count). The zero-order valence-corrected chi connectivity index (χ0v) is 10.4. The van der Waals surface area contributed by atoms with E-state index in [2.05, 4.69) is 18.8 Å². The van der Waals surface area contributed by atoms with Gasteiger partial charge in [-0.2, -0.15) is 0 Å². The van der Waals surface area contributed by atoms with Crippen molar-refractivity contribution in [2.75, 3.05) is 18.8 Å². The van der Waals surface area contributed by atoms with Gasteiger partial charge in [-0.05, 0) is 30.4 Å². The molecule has 0 aromatic carbocycles. The van der Waals surface area contributed by atoms with E-state index in [1.165, 1.54) is 0 Å². The molecule has 0 spiro atoms. The Morgan fingerprint density at radius 3 is 2.88 bits per heavy atom. The molecule has 4 heteroatoms. The number of hydrogen-bond acceptors (Lipinski definition) is 3. The topological polar surface area (TPSA) is 59.2 Å². The number of nitrogen functional groups attached to an aromatic ring is 1. The van der Waals surface area contributed by atoms with Gasteiger partial charge in [0.15, 0.2) is 0 Å². The zero-order chi connectivity index (χ0) is 12.4. The monoisotopic (exact) mass is 233 g/mol. The van der Waals surface area contributed by atoms with Gasteiger partial charge in [-0.3, -0.25) is 4.79 Å². The molecule has 2 atom stereocenters. The van der Waals surface area contributed by atoms with E-state index in [1.807, 2.05) is 4.90 Å². The number of carbonyl (C=O) groups excluding carboxylic acids is 1. The van der Waals surface area contributed by atoms with Crippen LogP contribution in [0, 0.1) is 11.8 Å². The predicted molar refractivity (Wildman–Crippen MR) is 67.5 cm³/mol. The second kappa shape index (κ2) is 4.73. The third-order valence-corrected chi connectivity index (χ3v) is 3.65. The lowest BCUT2D eigenvalue weighted by Crippen LogP contribution is -2.42. The molecular formula is C13H19N3O. The van der Waals surface area contributed by atoms with Crippen molar-refractivity contribution >= 4 is 11.7 Å². The van der Waals surface area contributed by atoms with Crippen LogP contribution in [0.2, 0.25) is 0 Å². The van der Waals surface area contributed by atoms with Crippen molar-refractivity contribution in [3.8, 4) is 0 Å². The summed E-state index contributed by atoms with van der Waals surface area (Å²) in [7, 11) is 0. The molecule has 0 bridgehead atoms. The maximum Gasteiger partial charge on any atom is 0.254 e. The Hall–Kier alpha value is -1.58. The number of nitrogens with two attached hydrogens (primary N) is 1. The molecule has 0 saturated carbocycles. The average Bonchev–Trinajstić information content (AvgIpc) is 2.32. The fourth-order valence-electron chi connectivity index (χ4n) is 2.21. The number of rotatable bonds is 1. The Balaban J connectivity index is 2.10. The van der Waals surface area contributed by atoms with Gasteiger partial charge < -0.3 is 10.6 Å². The van der Waals surface area contributed by atoms with Crippen molar-refractivity contribution in [1.29, 1.82) is 0 Å². The first kappa shape index (κ1) is 11.9. The van der Waals surface area contributed by atoms with Gasteiger partial charge in [0, 0.05) is 24.8 Å². The molecule has 1 aliphatic rings. The standard InChI is InChI=1S/C13H19N3O/c1-9-4-6-16(8-10(9)2)13(17)11-3-5-15-12(14)7-11/h3,5,7,9-10H,4,6,8H2,1-2H3,(H2,14,15). The maximum atomic E-state index is 12.2. The predicted octanol–water partition coefficient (Wildman–Crippen LogP) is 1.78. The summed E-state index contributed by atoms with van der Waals surface area (Å²) in [4.78, 5) is 18.1. The fourth-order valence-corrected chi connectivity index (χ4v) is 2.21. The number of piperidine rings is 1. The van der Waals surface area contributed by atoms with Gasteiger partial charge in [-0.25, -0.2) is 4.98 Å². The van der Waals surface area contributed by atoms with Crippen LogP contribution >= 0.6 is 0 Å². The van der Waals surface area contributed by atoms with Gasteiger partial charge in [0.1, 0.15) is 5.82 Å². The Kier molecular flexibility index (Phi) is 3.31. The van der Waals surface area contributed by atoms with E-state index < -0.39 is 0 Å². The molecular weight excluding hydrogens is 214 g/mol. The summed E-state index contributed by atoms with van der Waals surface area (Å²) in [6, 6.07) is 3.37. The van der Waals surface area contributed by atoms with Gasteiger partial charge in [-0.1, -0.05) is 13.8 Å². The Morgan fingerprint density at radius 1 is 1.47 bits per heavy atom. The van der Waals surface area contributed by atoms with E-state index in [4.69, 9.17) is 5.73 Å². The van der Waals surface area contributed by atoms with E-state index in [9.17, 15) is 4.79 Å². The minimum atomic E-state index is 0.0675. The molecule has 1 amide bonds. The number of likely N-dealkylation sites (tertiary alicyclic amines) is 1. The van der Waals surface area contributed by atoms with Gasteiger partial charge in [0.2, 0.25) is 0 Å².